The van der Waals surface area contributed by atoms with Crippen LogP contribution in [-0.4, -0.2) is 54.8 Å². The van der Waals surface area contributed by atoms with Crippen molar-refractivity contribution in [2.24, 2.45) is 0 Å². The molecule has 0 saturated heterocycles. The van der Waals surface area contributed by atoms with E-state index < -0.39 is 12.2 Å². The summed E-state index contributed by atoms with van der Waals surface area (Å²) in [6, 6.07) is 7.26. The Morgan fingerprint density at radius 1 is 1.18 bits per heavy atom. The summed E-state index contributed by atoms with van der Waals surface area (Å²) >= 11 is 0. The Balaban J connectivity index is 2.25. The fourth-order valence-corrected chi connectivity index (χ4v) is 1.58. The van der Waals surface area contributed by atoms with Crippen molar-refractivity contribution < 1.29 is 24.5 Å². The number of benzene rings is 1. The van der Waals surface area contributed by atoms with Gasteiger partial charge >= 0.3 is 6.09 Å². The minimum Gasteiger partial charge on any atom is -0.492 e. The lowest BCUT2D eigenvalue weighted by Gasteiger charge is -2.15. The number of aliphatic hydroxyl groups is 1. The van der Waals surface area contributed by atoms with Crippen LogP contribution in [0.3, 0.4) is 0 Å². The summed E-state index contributed by atoms with van der Waals surface area (Å²) in [6.45, 7) is 5.20. The summed E-state index contributed by atoms with van der Waals surface area (Å²) in [5.41, 5.74) is 0. The third kappa shape index (κ3) is 8.33. The van der Waals surface area contributed by atoms with Gasteiger partial charge in [-0.2, -0.15) is 0 Å². The Hall–Kier alpha value is -1.99. The molecular formula is C15H24N2O5. The maximum atomic E-state index is 10.3. The van der Waals surface area contributed by atoms with Crippen LogP contribution in [0.15, 0.2) is 24.3 Å². The summed E-state index contributed by atoms with van der Waals surface area (Å²) in [7, 11) is 0. The highest BCUT2D eigenvalue weighted by molar-refractivity contribution is 5.64. The van der Waals surface area contributed by atoms with Gasteiger partial charge in [-0.25, -0.2) is 4.79 Å². The molecule has 1 amide bonds. The first-order chi connectivity index (χ1) is 10.5. The Bertz CT molecular complexity index is 436. The zero-order chi connectivity index (χ0) is 16.4. The molecule has 0 heterocycles. The zero-order valence-electron chi connectivity index (χ0n) is 12.9. The fraction of sp³-hybridized carbons (Fsp3) is 0.533. The number of rotatable bonds is 10. The van der Waals surface area contributed by atoms with E-state index in [-0.39, 0.29) is 19.8 Å². The van der Waals surface area contributed by atoms with Crippen LogP contribution >= 0.6 is 0 Å². The first-order valence-corrected chi connectivity index (χ1v) is 7.21. The Morgan fingerprint density at radius 3 is 2.32 bits per heavy atom. The Morgan fingerprint density at radius 2 is 1.77 bits per heavy atom. The first kappa shape index (κ1) is 18.1. The molecule has 22 heavy (non-hydrogen) atoms. The third-order valence-corrected chi connectivity index (χ3v) is 2.67. The number of ether oxygens (including phenoxy) is 2. The number of amides is 1. The minimum absolute atomic E-state index is 0.211. The molecule has 0 bridgehead atoms. The van der Waals surface area contributed by atoms with Crippen molar-refractivity contribution in [3.63, 3.8) is 0 Å². The number of nitrogens with one attached hydrogen (secondary N) is 2. The number of hydrogen-bond donors (Lipinski definition) is 4. The van der Waals surface area contributed by atoms with Crippen LogP contribution in [0.5, 0.6) is 11.5 Å². The summed E-state index contributed by atoms with van der Waals surface area (Å²) < 4.78 is 10.8. The molecule has 0 saturated carbocycles. The molecule has 0 aliphatic carbocycles. The van der Waals surface area contributed by atoms with Crippen LogP contribution in [0.25, 0.3) is 0 Å². The van der Waals surface area contributed by atoms with Crippen molar-refractivity contribution >= 4 is 6.09 Å². The second kappa shape index (κ2) is 9.86. The van der Waals surface area contributed by atoms with E-state index in [0.29, 0.717) is 24.1 Å². The van der Waals surface area contributed by atoms with Gasteiger partial charge in [0, 0.05) is 12.6 Å². The zero-order valence-corrected chi connectivity index (χ0v) is 12.9. The molecule has 7 nitrogen and oxygen atoms in total. The molecule has 124 valence electrons. The lowest BCUT2D eigenvalue weighted by Crippen LogP contribution is -2.35. The van der Waals surface area contributed by atoms with Gasteiger partial charge in [-0.3, -0.25) is 0 Å². The highest BCUT2D eigenvalue weighted by Crippen LogP contribution is 2.17. The van der Waals surface area contributed by atoms with E-state index in [0.717, 1.165) is 0 Å². The van der Waals surface area contributed by atoms with Gasteiger partial charge < -0.3 is 30.3 Å². The molecule has 4 N–H and O–H groups in total. The number of carboxylic acid groups (broad SMARTS) is 1. The topological polar surface area (TPSA) is 100 Å². The van der Waals surface area contributed by atoms with E-state index in [4.69, 9.17) is 14.6 Å². The molecule has 1 unspecified atom stereocenters. The van der Waals surface area contributed by atoms with Gasteiger partial charge in [0.25, 0.3) is 0 Å². The standard InChI is InChI=1S/C15H24N2O5/c1-11(2)17-9-12(18)10-22-14-5-3-13(4-6-14)21-8-7-16-15(19)20/h3-6,11-12,16-18H,7-10H2,1-2H3,(H,19,20). The van der Waals surface area contributed by atoms with Crippen LogP contribution in [0.1, 0.15) is 13.8 Å². The van der Waals surface area contributed by atoms with Crippen LogP contribution in [0, 0.1) is 0 Å². The van der Waals surface area contributed by atoms with E-state index in [9.17, 15) is 9.90 Å². The van der Waals surface area contributed by atoms with Gasteiger partial charge in [0.1, 0.15) is 30.8 Å². The molecule has 1 rings (SSSR count). The monoisotopic (exact) mass is 312 g/mol. The van der Waals surface area contributed by atoms with Crippen molar-refractivity contribution in [1.29, 1.82) is 0 Å². The lowest BCUT2D eigenvalue weighted by atomic mass is 10.3. The van der Waals surface area contributed by atoms with Crippen LogP contribution in [-0.2, 0) is 0 Å². The molecule has 7 heteroatoms. The second-order valence-electron chi connectivity index (χ2n) is 5.08. The SMILES string of the molecule is CC(C)NCC(O)COc1ccc(OCCNC(=O)O)cc1. The molecule has 1 aromatic carbocycles. The van der Waals surface area contributed by atoms with Gasteiger partial charge in [0.15, 0.2) is 0 Å². The largest absolute Gasteiger partial charge is 0.492 e. The Labute approximate surface area is 130 Å². The molecule has 0 fully saturated rings. The van der Waals surface area contributed by atoms with Crippen molar-refractivity contribution in [2.75, 3.05) is 26.3 Å². The van der Waals surface area contributed by atoms with E-state index >= 15 is 0 Å². The van der Waals surface area contributed by atoms with E-state index in [1.807, 2.05) is 13.8 Å². The first-order valence-electron chi connectivity index (χ1n) is 7.21. The van der Waals surface area contributed by atoms with Crippen LogP contribution < -0.4 is 20.1 Å². The van der Waals surface area contributed by atoms with E-state index in [1.54, 1.807) is 24.3 Å². The van der Waals surface area contributed by atoms with E-state index in [1.165, 1.54) is 0 Å². The van der Waals surface area contributed by atoms with Gasteiger partial charge in [0.05, 0.1) is 6.54 Å². The third-order valence-electron chi connectivity index (χ3n) is 2.67. The predicted octanol–water partition coefficient (Wildman–Crippen LogP) is 1.07. The average molecular weight is 312 g/mol. The molecular weight excluding hydrogens is 288 g/mol. The highest BCUT2D eigenvalue weighted by atomic mass is 16.5. The van der Waals surface area contributed by atoms with Crippen molar-refractivity contribution in [3.05, 3.63) is 24.3 Å². The molecule has 0 radical (unpaired) electrons. The van der Waals surface area contributed by atoms with Crippen LogP contribution in [0.2, 0.25) is 0 Å². The molecule has 1 aromatic rings. The minimum atomic E-state index is -1.07. The van der Waals surface area contributed by atoms with Gasteiger partial charge in [-0.05, 0) is 24.3 Å². The van der Waals surface area contributed by atoms with Gasteiger partial charge in [0.2, 0.25) is 0 Å². The summed E-state index contributed by atoms with van der Waals surface area (Å²) in [4.78, 5) is 10.3. The van der Waals surface area contributed by atoms with Crippen molar-refractivity contribution in [1.82, 2.24) is 10.6 Å². The Kier molecular flexibility index (Phi) is 8.09. The van der Waals surface area contributed by atoms with Gasteiger partial charge in [-0.15, -0.1) is 0 Å². The second-order valence-corrected chi connectivity index (χ2v) is 5.08. The molecule has 1 atom stereocenters. The normalized spacial score (nSPS) is 12.0. The summed E-state index contributed by atoms with van der Waals surface area (Å²) in [6.07, 6.45) is -1.64. The maximum Gasteiger partial charge on any atom is 0.404 e. The average Bonchev–Trinajstić information content (AvgIpc) is 2.48. The lowest BCUT2D eigenvalue weighted by molar-refractivity contribution is 0.104. The number of aliphatic hydroxyl groups excluding tert-OH is 1. The van der Waals surface area contributed by atoms with Gasteiger partial charge in [-0.1, -0.05) is 13.8 Å². The molecule has 0 aromatic heterocycles. The van der Waals surface area contributed by atoms with Crippen molar-refractivity contribution in [3.8, 4) is 11.5 Å². The van der Waals surface area contributed by atoms with Crippen LogP contribution in [0.4, 0.5) is 4.79 Å². The maximum absolute atomic E-state index is 10.3. The summed E-state index contributed by atoms with van der Waals surface area (Å²) in [5.74, 6) is 1.26. The fourth-order valence-electron chi connectivity index (χ4n) is 1.58. The highest BCUT2D eigenvalue weighted by Gasteiger charge is 2.06. The molecule has 0 aliphatic rings. The quantitative estimate of drug-likeness (QED) is 0.482. The smallest absolute Gasteiger partial charge is 0.404 e. The van der Waals surface area contributed by atoms with Crippen molar-refractivity contribution in [2.45, 2.75) is 26.0 Å². The predicted molar refractivity (Wildman–Crippen MR) is 82.6 cm³/mol. The molecule has 0 aliphatic heterocycles. The van der Waals surface area contributed by atoms with E-state index in [2.05, 4.69) is 10.6 Å². The number of carbonyl (C=O) groups is 1. The molecule has 0 spiro atoms. The summed E-state index contributed by atoms with van der Waals surface area (Å²) in [5, 5.41) is 23.5. The number of hydrogen-bond acceptors (Lipinski definition) is 5.